The lowest BCUT2D eigenvalue weighted by atomic mass is 10.1. The van der Waals surface area contributed by atoms with Crippen LogP contribution >= 0.6 is 0 Å². The predicted molar refractivity (Wildman–Crippen MR) is 116 cm³/mol. The van der Waals surface area contributed by atoms with E-state index in [0.29, 0.717) is 24.1 Å². The third-order valence-electron chi connectivity index (χ3n) is 4.83. The van der Waals surface area contributed by atoms with E-state index in [2.05, 4.69) is 31.8 Å². The molecule has 7 nitrogen and oxygen atoms in total. The van der Waals surface area contributed by atoms with E-state index in [1.165, 1.54) is 0 Å². The summed E-state index contributed by atoms with van der Waals surface area (Å²) in [6.07, 6.45) is 6.21. The fraction of sp³-hybridized carbons (Fsp3) is 0.500. The van der Waals surface area contributed by atoms with Crippen molar-refractivity contribution in [2.75, 3.05) is 37.3 Å². The molecule has 1 saturated heterocycles. The number of aryl methyl sites for hydroxylation is 1. The fourth-order valence-corrected chi connectivity index (χ4v) is 4.44. The van der Waals surface area contributed by atoms with E-state index in [4.69, 9.17) is 0 Å². The summed E-state index contributed by atoms with van der Waals surface area (Å²) in [6, 6.07) is 10.3. The molecule has 152 valence electrons. The highest BCUT2D eigenvalue weighted by molar-refractivity contribution is 7.84. The maximum Gasteiger partial charge on any atom is 0.191 e. The van der Waals surface area contributed by atoms with Gasteiger partial charge in [-0.05, 0) is 18.4 Å². The van der Waals surface area contributed by atoms with Crippen molar-refractivity contribution in [2.45, 2.75) is 24.6 Å². The highest BCUT2D eigenvalue weighted by Gasteiger charge is 2.21. The topological polar surface area (TPSA) is 74.6 Å². The third kappa shape index (κ3) is 6.09. The average Bonchev–Trinajstić information content (AvgIpc) is 3.14. The molecule has 0 saturated carbocycles. The largest absolute Gasteiger partial charge is 0.367 e. The summed E-state index contributed by atoms with van der Waals surface area (Å²) in [5, 5.41) is 11.1. The average molecular weight is 403 g/mol. The van der Waals surface area contributed by atoms with Crippen molar-refractivity contribution in [1.29, 1.82) is 0 Å². The first kappa shape index (κ1) is 20.4. The molecule has 2 heterocycles. The van der Waals surface area contributed by atoms with Gasteiger partial charge in [0.2, 0.25) is 0 Å². The van der Waals surface area contributed by atoms with Crippen LogP contribution in [0.15, 0.2) is 47.7 Å². The van der Waals surface area contributed by atoms with Crippen molar-refractivity contribution in [3.05, 3.63) is 48.3 Å². The first-order chi connectivity index (χ1) is 13.6. The SMILES string of the molecule is CN=C(NCCS(=O)Cc1ccccc1)NC1CCCN(c2cnn(C)c2)C1. The van der Waals surface area contributed by atoms with Crippen LogP contribution < -0.4 is 15.5 Å². The van der Waals surface area contributed by atoms with Crippen LogP contribution in [-0.4, -0.2) is 58.4 Å². The molecule has 2 N–H and O–H groups in total. The molecule has 2 aromatic rings. The Morgan fingerprint density at radius 2 is 2.18 bits per heavy atom. The summed E-state index contributed by atoms with van der Waals surface area (Å²) in [7, 11) is 2.83. The molecule has 28 heavy (non-hydrogen) atoms. The van der Waals surface area contributed by atoms with Gasteiger partial charge in [-0.1, -0.05) is 30.3 Å². The summed E-state index contributed by atoms with van der Waals surface area (Å²) < 4.78 is 14.1. The first-order valence-electron chi connectivity index (χ1n) is 9.73. The van der Waals surface area contributed by atoms with E-state index in [1.807, 2.05) is 48.3 Å². The number of rotatable bonds is 7. The number of hydrogen-bond acceptors (Lipinski definition) is 4. The van der Waals surface area contributed by atoms with Gasteiger partial charge in [-0.25, -0.2) is 0 Å². The molecule has 8 heteroatoms. The Morgan fingerprint density at radius 3 is 2.89 bits per heavy atom. The Hall–Kier alpha value is -2.35. The molecule has 2 unspecified atom stereocenters. The number of anilines is 1. The number of benzene rings is 1. The minimum atomic E-state index is -0.887. The molecular weight excluding hydrogens is 372 g/mol. The van der Waals surface area contributed by atoms with Gasteiger partial charge >= 0.3 is 0 Å². The zero-order valence-corrected chi connectivity index (χ0v) is 17.5. The lowest BCUT2D eigenvalue weighted by molar-refractivity contribution is 0.468. The number of aliphatic imine (C=N–C) groups is 1. The molecule has 0 radical (unpaired) electrons. The highest BCUT2D eigenvalue weighted by atomic mass is 32.2. The predicted octanol–water partition coefficient (Wildman–Crippen LogP) is 1.50. The molecule has 0 spiro atoms. The van der Waals surface area contributed by atoms with Gasteiger partial charge in [-0.15, -0.1) is 0 Å². The van der Waals surface area contributed by atoms with Gasteiger partial charge < -0.3 is 15.5 Å². The highest BCUT2D eigenvalue weighted by Crippen LogP contribution is 2.18. The Bertz CT molecular complexity index is 791. The van der Waals surface area contributed by atoms with E-state index in [9.17, 15) is 4.21 Å². The zero-order chi connectivity index (χ0) is 19.8. The van der Waals surface area contributed by atoms with Crippen LogP contribution in [0.1, 0.15) is 18.4 Å². The molecular formula is C20H30N6OS. The van der Waals surface area contributed by atoms with E-state index in [0.717, 1.165) is 43.1 Å². The molecule has 0 aliphatic carbocycles. The summed E-state index contributed by atoms with van der Waals surface area (Å²) in [6.45, 7) is 2.61. The molecule has 2 atom stereocenters. The molecule has 0 bridgehead atoms. The number of aromatic nitrogens is 2. The molecule has 1 aliphatic rings. The number of nitrogens with one attached hydrogen (secondary N) is 2. The van der Waals surface area contributed by atoms with Gasteiger partial charge in [0.05, 0.1) is 11.9 Å². The summed E-state index contributed by atoms with van der Waals surface area (Å²) >= 11 is 0. The Labute approximate surface area is 169 Å². The van der Waals surface area contributed by atoms with Crippen LogP contribution in [0.2, 0.25) is 0 Å². The normalized spacial score (nSPS) is 18.7. The Kier molecular flexibility index (Phi) is 7.47. The molecule has 1 aliphatic heterocycles. The van der Waals surface area contributed by atoms with Crippen molar-refractivity contribution < 1.29 is 4.21 Å². The number of piperidine rings is 1. The van der Waals surface area contributed by atoms with E-state index in [1.54, 1.807) is 7.05 Å². The van der Waals surface area contributed by atoms with Crippen molar-refractivity contribution in [1.82, 2.24) is 20.4 Å². The van der Waals surface area contributed by atoms with E-state index < -0.39 is 10.8 Å². The van der Waals surface area contributed by atoms with Gasteiger partial charge in [0.25, 0.3) is 0 Å². The van der Waals surface area contributed by atoms with Gasteiger partial charge in [-0.3, -0.25) is 13.9 Å². The smallest absolute Gasteiger partial charge is 0.191 e. The quantitative estimate of drug-likeness (QED) is 0.542. The van der Waals surface area contributed by atoms with Crippen molar-refractivity contribution in [2.24, 2.45) is 12.0 Å². The van der Waals surface area contributed by atoms with Gasteiger partial charge in [0, 0.05) is 68.3 Å². The second-order valence-corrected chi connectivity index (χ2v) is 8.65. The van der Waals surface area contributed by atoms with Gasteiger partial charge in [0.15, 0.2) is 5.96 Å². The standard InChI is InChI=1S/C20H30N6OS/c1-21-20(22-10-12-28(27)16-17-7-4-3-5-8-17)24-18-9-6-11-26(14-18)19-13-23-25(2)15-19/h3-5,7-8,13,15,18H,6,9-12,14,16H2,1-2H3,(H2,21,22,24). The molecule has 1 aromatic heterocycles. The van der Waals surface area contributed by atoms with E-state index in [-0.39, 0.29) is 0 Å². The molecule has 1 fully saturated rings. The van der Waals surface area contributed by atoms with Crippen LogP contribution in [0.3, 0.4) is 0 Å². The van der Waals surface area contributed by atoms with E-state index >= 15 is 0 Å². The summed E-state index contributed by atoms with van der Waals surface area (Å²) in [5.41, 5.74) is 2.27. The Balaban J connectivity index is 1.42. The monoisotopic (exact) mass is 402 g/mol. The van der Waals surface area contributed by atoms with Crippen LogP contribution in [-0.2, 0) is 23.6 Å². The maximum absolute atomic E-state index is 12.3. The maximum atomic E-state index is 12.3. The number of guanidine groups is 1. The van der Waals surface area contributed by atoms with Crippen LogP contribution in [0.25, 0.3) is 0 Å². The number of hydrogen-bond donors (Lipinski definition) is 2. The van der Waals surface area contributed by atoms with Crippen molar-refractivity contribution in [3.8, 4) is 0 Å². The summed E-state index contributed by atoms with van der Waals surface area (Å²) in [4.78, 5) is 6.68. The van der Waals surface area contributed by atoms with Crippen LogP contribution in [0.4, 0.5) is 5.69 Å². The molecule has 0 amide bonds. The molecule has 1 aromatic carbocycles. The lowest BCUT2D eigenvalue weighted by Crippen LogP contribution is -2.51. The fourth-order valence-electron chi connectivity index (χ4n) is 3.40. The second-order valence-electron chi connectivity index (χ2n) is 7.07. The number of nitrogens with zero attached hydrogens (tertiary/aromatic N) is 4. The summed E-state index contributed by atoms with van der Waals surface area (Å²) in [5.74, 6) is 1.97. The third-order valence-corrected chi connectivity index (χ3v) is 6.15. The minimum Gasteiger partial charge on any atom is -0.367 e. The van der Waals surface area contributed by atoms with Crippen LogP contribution in [0, 0.1) is 0 Å². The van der Waals surface area contributed by atoms with Gasteiger partial charge in [-0.2, -0.15) is 5.10 Å². The molecule has 3 rings (SSSR count). The van der Waals surface area contributed by atoms with Gasteiger partial charge in [0.1, 0.15) is 0 Å². The Morgan fingerprint density at radius 1 is 1.36 bits per heavy atom. The van der Waals surface area contributed by atoms with Crippen LogP contribution in [0.5, 0.6) is 0 Å². The lowest BCUT2D eigenvalue weighted by Gasteiger charge is -2.34. The van der Waals surface area contributed by atoms with Crippen molar-refractivity contribution in [3.63, 3.8) is 0 Å². The van der Waals surface area contributed by atoms with Crippen molar-refractivity contribution >= 4 is 22.4 Å². The first-order valence-corrected chi connectivity index (χ1v) is 11.2. The second kappa shape index (κ2) is 10.3. The zero-order valence-electron chi connectivity index (χ0n) is 16.7. The minimum absolute atomic E-state index is 0.329.